The molecule has 1 saturated carbocycles. The highest BCUT2D eigenvalue weighted by molar-refractivity contribution is 5.90. The summed E-state index contributed by atoms with van der Waals surface area (Å²) in [7, 11) is 1.60. The van der Waals surface area contributed by atoms with Crippen molar-refractivity contribution in [1.29, 1.82) is 0 Å². The minimum atomic E-state index is -0.160. The molecule has 0 radical (unpaired) electrons. The van der Waals surface area contributed by atoms with Crippen LogP contribution in [0.3, 0.4) is 0 Å². The monoisotopic (exact) mass is 373 g/mol. The second-order valence-corrected chi connectivity index (χ2v) is 7.82. The average molecular weight is 373 g/mol. The van der Waals surface area contributed by atoms with Crippen LogP contribution < -0.4 is 15.4 Å². The Balaban J connectivity index is 1.54. The molecule has 2 aliphatic rings. The number of carbonyl (C=O) groups is 2. The molecule has 0 unspecified atom stereocenters. The topological polar surface area (TPSA) is 70.7 Å². The minimum Gasteiger partial charge on any atom is -0.497 e. The highest BCUT2D eigenvalue weighted by atomic mass is 16.5. The van der Waals surface area contributed by atoms with Crippen LogP contribution in [0.5, 0.6) is 5.75 Å². The van der Waals surface area contributed by atoms with Gasteiger partial charge in [0.2, 0.25) is 5.91 Å². The number of piperidine rings is 1. The second kappa shape index (κ2) is 9.11. The number of ether oxygens (including phenoxy) is 1. The number of hydrogen-bond acceptors (Lipinski definition) is 3. The Morgan fingerprint density at radius 3 is 2.74 bits per heavy atom. The summed E-state index contributed by atoms with van der Waals surface area (Å²) in [4.78, 5) is 27.1. The van der Waals surface area contributed by atoms with Crippen LogP contribution in [0.15, 0.2) is 24.3 Å². The summed E-state index contributed by atoms with van der Waals surface area (Å²) in [6.07, 6.45) is 6.40. The van der Waals surface area contributed by atoms with E-state index in [1.807, 2.05) is 18.2 Å². The third-order valence-corrected chi connectivity index (χ3v) is 5.84. The van der Waals surface area contributed by atoms with Gasteiger partial charge in [0, 0.05) is 30.9 Å². The molecular weight excluding hydrogens is 342 g/mol. The van der Waals surface area contributed by atoms with Gasteiger partial charge in [-0.3, -0.25) is 4.79 Å². The van der Waals surface area contributed by atoms with Crippen LogP contribution in [0.25, 0.3) is 0 Å². The average Bonchev–Trinajstić information content (AvgIpc) is 2.70. The number of anilines is 1. The molecule has 1 aliphatic carbocycles. The highest BCUT2D eigenvalue weighted by Crippen LogP contribution is 2.25. The molecule has 0 spiro atoms. The quantitative estimate of drug-likeness (QED) is 0.847. The standard InChI is InChI=1S/C21H31N3O3/c1-15-7-3-4-11-19(15)23-20(25)16-8-6-12-24(14-16)21(26)22-17-9-5-10-18(13-17)27-2/h5,9-10,13,15-16,19H,3-4,6-8,11-12,14H2,1-2H3,(H,22,26)(H,23,25)/t15-,16+,19+/m1/s1. The lowest BCUT2D eigenvalue weighted by atomic mass is 9.85. The van der Waals surface area contributed by atoms with Crippen LogP contribution in [0, 0.1) is 11.8 Å². The maximum absolute atomic E-state index is 12.7. The summed E-state index contributed by atoms with van der Waals surface area (Å²) >= 11 is 0. The molecule has 1 aromatic rings. The molecule has 3 amide bonds. The lowest BCUT2D eigenvalue weighted by Crippen LogP contribution is -2.50. The molecule has 1 aliphatic heterocycles. The fraction of sp³-hybridized carbons (Fsp3) is 0.619. The first-order valence-electron chi connectivity index (χ1n) is 10.1. The largest absolute Gasteiger partial charge is 0.497 e. The lowest BCUT2D eigenvalue weighted by Gasteiger charge is -2.35. The first kappa shape index (κ1) is 19.5. The molecule has 3 atom stereocenters. The van der Waals surface area contributed by atoms with Crippen molar-refractivity contribution in [2.45, 2.75) is 51.5 Å². The summed E-state index contributed by atoms with van der Waals surface area (Å²) < 4.78 is 5.19. The van der Waals surface area contributed by atoms with Crippen molar-refractivity contribution >= 4 is 17.6 Å². The van der Waals surface area contributed by atoms with Crippen LogP contribution in [0.2, 0.25) is 0 Å². The van der Waals surface area contributed by atoms with E-state index < -0.39 is 0 Å². The predicted octanol–water partition coefficient (Wildman–Crippen LogP) is 3.63. The van der Waals surface area contributed by atoms with Gasteiger partial charge in [-0.25, -0.2) is 4.79 Å². The van der Waals surface area contributed by atoms with E-state index in [2.05, 4.69) is 17.6 Å². The molecule has 3 rings (SSSR count). The first-order chi connectivity index (χ1) is 13.1. The van der Waals surface area contributed by atoms with Gasteiger partial charge in [-0.2, -0.15) is 0 Å². The molecule has 27 heavy (non-hydrogen) atoms. The van der Waals surface area contributed by atoms with E-state index in [4.69, 9.17) is 4.74 Å². The molecule has 2 fully saturated rings. The maximum atomic E-state index is 12.7. The van der Waals surface area contributed by atoms with E-state index >= 15 is 0 Å². The summed E-state index contributed by atoms with van der Waals surface area (Å²) in [6, 6.07) is 7.42. The van der Waals surface area contributed by atoms with Crippen LogP contribution >= 0.6 is 0 Å². The Hall–Kier alpha value is -2.24. The molecule has 2 N–H and O–H groups in total. The van der Waals surface area contributed by atoms with E-state index in [1.54, 1.807) is 18.1 Å². The van der Waals surface area contributed by atoms with Crippen LogP contribution in [-0.4, -0.2) is 43.1 Å². The molecule has 6 nitrogen and oxygen atoms in total. The molecule has 0 aromatic heterocycles. The van der Waals surface area contributed by atoms with Gasteiger partial charge in [0.15, 0.2) is 0 Å². The van der Waals surface area contributed by atoms with E-state index in [0.717, 1.165) is 19.3 Å². The molecular formula is C21H31N3O3. The third kappa shape index (κ3) is 5.15. The molecule has 1 heterocycles. The van der Waals surface area contributed by atoms with Crippen molar-refractivity contribution in [2.24, 2.45) is 11.8 Å². The summed E-state index contributed by atoms with van der Waals surface area (Å²) in [5, 5.41) is 6.16. The molecule has 1 aromatic carbocycles. The molecule has 6 heteroatoms. The Morgan fingerprint density at radius 2 is 1.96 bits per heavy atom. The van der Waals surface area contributed by atoms with E-state index in [0.29, 0.717) is 30.4 Å². The normalized spacial score (nSPS) is 25.6. The Labute approximate surface area is 161 Å². The van der Waals surface area contributed by atoms with Crippen molar-refractivity contribution in [3.05, 3.63) is 24.3 Å². The van der Waals surface area contributed by atoms with E-state index in [1.165, 1.54) is 19.3 Å². The zero-order valence-electron chi connectivity index (χ0n) is 16.4. The van der Waals surface area contributed by atoms with Gasteiger partial charge in [-0.1, -0.05) is 25.8 Å². The number of hydrogen-bond donors (Lipinski definition) is 2. The van der Waals surface area contributed by atoms with Crippen molar-refractivity contribution in [3.63, 3.8) is 0 Å². The summed E-state index contributed by atoms with van der Waals surface area (Å²) in [5.41, 5.74) is 0.696. The Bertz CT molecular complexity index is 664. The van der Waals surface area contributed by atoms with Gasteiger partial charge < -0.3 is 20.3 Å². The van der Waals surface area contributed by atoms with Crippen molar-refractivity contribution in [1.82, 2.24) is 10.2 Å². The lowest BCUT2D eigenvalue weighted by molar-refractivity contribution is -0.127. The molecule has 148 valence electrons. The SMILES string of the molecule is COc1cccc(NC(=O)N2CCC[C@H](C(=O)N[C@H]3CCCC[C@H]3C)C2)c1. The number of benzene rings is 1. The molecule has 0 bridgehead atoms. The smallest absolute Gasteiger partial charge is 0.321 e. The van der Waals surface area contributed by atoms with Gasteiger partial charge >= 0.3 is 6.03 Å². The van der Waals surface area contributed by atoms with Crippen LogP contribution in [-0.2, 0) is 4.79 Å². The number of nitrogens with one attached hydrogen (secondary N) is 2. The van der Waals surface area contributed by atoms with Gasteiger partial charge in [-0.15, -0.1) is 0 Å². The van der Waals surface area contributed by atoms with Gasteiger partial charge in [-0.05, 0) is 43.7 Å². The molecule has 1 saturated heterocycles. The van der Waals surface area contributed by atoms with Crippen molar-refractivity contribution < 1.29 is 14.3 Å². The fourth-order valence-electron chi connectivity index (χ4n) is 4.11. The third-order valence-electron chi connectivity index (χ3n) is 5.84. The zero-order valence-corrected chi connectivity index (χ0v) is 16.4. The fourth-order valence-corrected chi connectivity index (χ4v) is 4.11. The predicted molar refractivity (Wildman–Crippen MR) is 106 cm³/mol. The number of amides is 3. The van der Waals surface area contributed by atoms with E-state index in [-0.39, 0.29) is 23.9 Å². The summed E-state index contributed by atoms with van der Waals surface area (Å²) in [6.45, 7) is 3.38. The van der Waals surface area contributed by atoms with Crippen molar-refractivity contribution in [2.75, 3.05) is 25.5 Å². The first-order valence-corrected chi connectivity index (χ1v) is 10.1. The summed E-state index contributed by atoms with van der Waals surface area (Å²) in [5.74, 6) is 1.22. The number of carbonyl (C=O) groups excluding carboxylic acids is 2. The highest BCUT2D eigenvalue weighted by Gasteiger charge is 2.31. The van der Waals surface area contributed by atoms with E-state index in [9.17, 15) is 9.59 Å². The van der Waals surface area contributed by atoms with Gasteiger partial charge in [0.25, 0.3) is 0 Å². The number of likely N-dealkylation sites (tertiary alicyclic amines) is 1. The second-order valence-electron chi connectivity index (χ2n) is 7.82. The Kier molecular flexibility index (Phi) is 6.58. The zero-order chi connectivity index (χ0) is 19.2. The maximum Gasteiger partial charge on any atom is 0.321 e. The number of nitrogens with zero attached hydrogens (tertiary/aromatic N) is 1. The van der Waals surface area contributed by atoms with Crippen LogP contribution in [0.4, 0.5) is 10.5 Å². The van der Waals surface area contributed by atoms with Gasteiger partial charge in [0.05, 0.1) is 13.0 Å². The van der Waals surface area contributed by atoms with Crippen molar-refractivity contribution in [3.8, 4) is 5.75 Å². The minimum absolute atomic E-state index is 0.104. The number of methoxy groups -OCH3 is 1. The number of rotatable bonds is 4. The Morgan fingerprint density at radius 1 is 1.15 bits per heavy atom. The van der Waals surface area contributed by atoms with Crippen LogP contribution in [0.1, 0.15) is 45.4 Å². The number of urea groups is 1. The van der Waals surface area contributed by atoms with Gasteiger partial charge in [0.1, 0.15) is 5.75 Å².